The van der Waals surface area contributed by atoms with Crippen LogP contribution in [0.1, 0.15) is 42.0 Å². The van der Waals surface area contributed by atoms with E-state index in [1.807, 2.05) is 55.4 Å². The lowest BCUT2D eigenvalue weighted by atomic mass is 9.96. The molecule has 1 N–H and O–H groups in total. The van der Waals surface area contributed by atoms with Gasteiger partial charge in [-0.2, -0.15) is 0 Å². The molecule has 3 rings (SSSR count). The number of amides is 1. The molecule has 132 valence electrons. The standard InChI is InChI=1S/C20H25N3O2/c1-15-12-17(13-22-19(15)21-2)18-10-6-7-11-23(18)20(24)25-14-16-8-4-3-5-9-16/h3-5,8-9,12-13,18H,6-7,10-11,14H2,1-2H3,(H,21,22)/t18-/m0/s1. The maximum atomic E-state index is 12.6. The zero-order chi connectivity index (χ0) is 17.6. The highest BCUT2D eigenvalue weighted by molar-refractivity contribution is 5.68. The number of nitrogens with one attached hydrogen (secondary N) is 1. The van der Waals surface area contributed by atoms with E-state index in [1.54, 1.807) is 0 Å². The number of piperidine rings is 1. The normalized spacial score (nSPS) is 17.2. The quantitative estimate of drug-likeness (QED) is 0.902. The fourth-order valence-corrected chi connectivity index (χ4v) is 3.34. The third-order valence-electron chi connectivity index (χ3n) is 4.66. The van der Waals surface area contributed by atoms with Gasteiger partial charge in [-0.1, -0.05) is 30.3 Å². The molecular formula is C20H25N3O2. The van der Waals surface area contributed by atoms with Crippen LogP contribution in [0.4, 0.5) is 10.6 Å². The molecule has 1 aromatic carbocycles. The number of anilines is 1. The Morgan fingerprint density at radius 1 is 1.32 bits per heavy atom. The van der Waals surface area contributed by atoms with Crippen LogP contribution in [-0.2, 0) is 11.3 Å². The van der Waals surface area contributed by atoms with E-state index in [4.69, 9.17) is 4.74 Å². The smallest absolute Gasteiger partial charge is 0.410 e. The number of nitrogens with zero attached hydrogens (tertiary/aromatic N) is 2. The third-order valence-corrected chi connectivity index (χ3v) is 4.66. The van der Waals surface area contributed by atoms with Gasteiger partial charge < -0.3 is 15.0 Å². The highest BCUT2D eigenvalue weighted by Gasteiger charge is 2.29. The summed E-state index contributed by atoms with van der Waals surface area (Å²) >= 11 is 0. The van der Waals surface area contributed by atoms with Crippen LogP contribution in [0, 0.1) is 6.92 Å². The Kier molecular flexibility index (Phi) is 5.53. The van der Waals surface area contributed by atoms with E-state index in [1.165, 1.54) is 0 Å². The maximum Gasteiger partial charge on any atom is 0.410 e. The summed E-state index contributed by atoms with van der Waals surface area (Å²) in [7, 11) is 1.86. The van der Waals surface area contributed by atoms with E-state index >= 15 is 0 Å². The minimum absolute atomic E-state index is 0.0362. The second-order valence-corrected chi connectivity index (χ2v) is 6.43. The minimum Gasteiger partial charge on any atom is -0.445 e. The fourth-order valence-electron chi connectivity index (χ4n) is 3.34. The first kappa shape index (κ1) is 17.3. The van der Waals surface area contributed by atoms with E-state index in [-0.39, 0.29) is 12.1 Å². The average molecular weight is 339 g/mol. The lowest BCUT2D eigenvalue weighted by Crippen LogP contribution is -2.38. The molecule has 5 heteroatoms. The molecule has 1 atom stereocenters. The summed E-state index contributed by atoms with van der Waals surface area (Å²) in [4.78, 5) is 19.0. The molecule has 0 saturated carbocycles. The van der Waals surface area contributed by atoms with Gasteiger partial charge in [-0.3, -0.25) is 0 Å². The number of hydrogen-bond donors (Lipinski definition) is 1. The first-order chi connectivity index (χ1) is 12.2. The van der Waals surface area contributed by atoms with Crippen molar-refractivity contribution in [1.29, 1.82) is 0 Å². The predicted octanol–water partition coefficient (Wildman–Crippen LogP) is 4.30. The van der Waals surface area contributed by atoms with Gasteiger partial charge in [-0.25, -0.2) is 9.78 Å². The molecule has 25 heavy (non-hydrogen) atoms. The molecule has 0 bridgehead atoms. The predicted molar refractivity (Wildman–Crippen MR) is 98.4 cm³/mol. The third kappa shape index (κ3) is 4.10. The Labute approximate surface area is 149 Å². The Balaban J connectivity index is 1.72. The molecule has 1 fully saturated rings. The SMILES string of the molecule is CNc1ncc([C@@H]2CCCCN2C(=O)OCc2ccccc2)cc1C. The topological polar surface area (TPSA) is 54.5 Å². The second kappa shape index (κ2) is 8.01. The van der Waals surface area contributed by atoms with E-state index in [2.05, 4.69) is 16.4 Å². The Bertz CT molecular complexity index is 718. The molecule has 1 aromatic heterocycles. The van der Waals surface area contributed by atoms with Gasteiger partial charge in [-0.05, 0) is 48.9 Å². The Hall–Kier alpha value is -2.56. The molecule has 0 spiro atoms. The summed E-state index contributed by atoms with van der Waals surface area (Å²) in [6, 6.07) is 11.9. The molecular weight excluding hydrogens is 314 g/mol. The van der Waals surface area contributed by atoms with Crippen molar-refractivity contribution in [3.8, 4) is 0 Å². The second-order valence-electron chi connectivity index (χ2n) is 6.43. The largest absolute Gasteiger partial charge is 0.445 e. The Morgan fingerprint density at radius 2 is 2.12 bits per heavy atom. The van der Waals surface area contributed by atoms with Crippen LogP contribution in [0.25, 0.3) is 0 Å². The van der Waals surface area contributed by atoms with E-state index < -0.39 is 0 Å². The number of benzene rings is 1. The van der Waals surface area contributed by atoms with Crippen molar-refractivity contribution in [3.05, 3.63) is 59.3 Å². The Morgan fingerprint density at radius 3 is 2.84 bits per heavy atom. The van der Waals surface area contributed by atoms with Gasteiger partial charge >= 0.3 is 6.09 Å². The summed E-state index contributed by atoms with van der Waals surface area (Å²) in [5.74, 6) is 0.873. The highest BCUT2D eigenvalue weighted by atomic mass is 16.6. The fraction of sp³-hybridized carbons (Fsp3) is 0.400. The lowest BCUT2D eigenvalue weighted by Gasteiger charge is -2.35. The molecule has 1 aliphatic rings. The molecule has 0 aliphatic carbocycles. The van der Waals surface area contributed by atoms with E-state index in [0.717, 1.165) is 48.3 Å². The number of pyridine rings is 1. The summed E-state index contributed by atoms with van der Waals surface area (Å²) < 4.78 is 5.55. The van der Waals surface area contributed by atoms with Crippen LogP contribution >= 0.6 is 0 Å². The lowest BCUT2D eigenvalue weighted by molar-refractivity contribution is 0.0678. The molecule has 1 amide bonds. The number of carbonyl (C=O) groups is 1. The van der Waals surface area contributed by atoms with Crippen LogP contribution < -0.4 is 5.32 Å². The van der Waals surface area contributed by atoms with Crippen molar-refractivity contribution in [2.75, 3.05) is 18.9 Å². The summed E-state index contributed by atoms with van der Waals surface area (Å²) in [6.07, 6.45) is 4.69. The molecule has 2 aromatic rings. The number of aryl methyl sites for hydroxylation is 1. The first-order valence-corrected chi connectivity index (χ1v) is 8.80. The van der Waals surface area contributed by atoms with Crippen molar-refractivity contribution in [3.63, 3.8) is 0 Å². The van der Waals surface area contributed by atoms with Crippen LogP contribution in [0.2, 0.25) is 0 Å². The number of aromatic nitrogens is 1. The van der Waals surface area contributed by atoms with Crippen LogP contribution in [0.5, 0.6) is 0 Å². The van der Waals surface area contributed by atoms with Crippen LogP contribution in [-0.4, -0.2) is 29.6 Å². The zero-order valence-corrected chi connectivity index (χ0v) is 14.9. The van der Waals surface area contributed by atoms with Gasteiger partial charge in [0.2, 0.25) is 0 Å². The molecule has 0 radical (unpaired) electrons. The molecule has 1 saturated heterocycles. The van der Waals surface area contributed by atoms with Gasteiger partial charge in [0.25, 0.3) is 0 Å². The molecule has 2 heterocycles. The summed E-state index contributed by atoms with van der Waals surface area (Å²) in [5, 5.41) is 3.08. The van der Waals surface area contributed by atoms with Crippen LogP contribution in [0.3, 0.4) is 0 Å². The van der Waals surface area contributed by atoms with Crippen molar-refractivity contribution < 1.29 is 9.53 Å². The highest BCUT2D eigenvalue weighted by Crippen LogP contribution is 2.32. The number of ether oxygens (including phenoxy) is 1. The van der Waals surface area contributed by atoms with Crippen molar-refractivity contribution in [2.45, 2.75) is 38.8 Å². The number of rotatable bonds is 4. The van der Waals surface area contributed by atoms with Gasteiger partial charge in [0.1, 0.15) is 12.4 Å². The van der Waals surface area contributed by atoms with E-state index in [0.29, 0.717) is 6.61 Å². The number of likely N-dealkylation sites (tertiary alicyclic amines) is 1. The molecule has 5 nitrogen and oxygen atoms in total. The average Bonchev–Trinajstić information content (AvgIpc) is 2.67. The number of carbonyl (C=O) groups excluding carboxylic acids is 1. The zero-order valence-electron chi connectivity index (χ0n) is 14.9. The number of hydrogen-bond acceptors (Lipinski definition) is 4. The van der Waals surface area contributed by atoms with Gasteiger partial charge in [0, 0.05) is 19.8 Å². The van der Waals surface area contributed by atoms with Gasteiger partial charge in [0.05, 0.1) is 6.04 Å². The molecule has 1 aliphatic heterocycles. The molecule has 0 unspecified atom stereocenters. The summed E-state index contributed by atoms with van der Waals surface area (Å²) in [6.45, 7) is 3.06. The monoisotopic (exact) mass is 339 g/mol. The van der Waals surface area contributed by atoms with Gasteiger partial charge in [0.15, 0.2) is 0 Å². The minimum atomic E-state index is -0.246. The first-order valence-electron chi connectivity index (χ1n) is 8.80. The maximum absolute atomic E-state index is 12.6. The van der Waals surface area contributed by atoms with Crippen molar-refractivity contribution in [1.82, 2.24) is 9.88 Å². The van der Waals surface area contributed by atoms with Crippen molar-refractivity contribution in [2.24, 2.45) is 0 Å². The van der Waals surface area contributed by atoms with Gasteiger partial charge in [-0.15, -0.1) is 0 Å². The summed E-state index contributed by atoms with van der Waals surface area (Å²) in [5.41, 5.74) is 3.16. The van der Waals surface area contributed by atoms with E-state index in [9.17, 15) is 4.79 Å². The van der Waals surface area contributed by atoms with Crippen molar-refractivity contribution >= 4 is 11.9 Å². The van der Waals surface area contributed by atoms with Crippen LogP contribution in [0.15, 0.2) is 42.6 Å².